The number of esters is 3. The van der Waals surface area contributed by atoms with Crippen LogP contribution in [0.4, 0.5) is 0 Å². The summed E-state index contributed by atoms with van der Waals surface area (Å²) in [5.41, 5.74) is 0. The van der Waals surface area contributed by atoms with Gasteiger partial charge in [-0.05, 0) is 25.2 Å². The number of hydrogen-bond donors (Lipinski definition) is 0. The number of carbonyl (C=O) groups excluding carboxylic acids is 3. The van der Waals surface area contributed by atoms with Gasteiger partial charge in [0.1, 0.15) is 13.2 Å². The average molecular weight is 835 g/mol. The molecule has 0 aliphatic carbocycles. The number of carbonyl (C=O) groups is 3. The van der Waals surface area contributed by atoms with E-state index in [0.29, 0.717) is 19.3 Å². The Kier molecular flexibility index (Phi) is 46.2. The van der Waals surface area contributed by atoms with Gasteiger partial charge in [-0.15, -0.1) is 0 Å². The van der Waals surface area contributed by atoms with Crippen LogP contribution in [0.1, 0.15) is 297 Å². The molecule has 1 atom stereocenters. The summed E-state index contributed by atoms with van der Waals surface area (Å²) >= 11 is 0. The van der Waals surface area contributed by atoms with Gasteiger partial charge in [-0.3, -0.25) is 14.4 Å². The lowest BCUT2D eigenvalue weighted by atomic mass is 10.0. The molecule has 0 rings (SSSR count). The predicted molar refractivity (Wildman–Crippen MR) is 252 cm³/mol. The van der Waals surface area contributed by atoms with E-state index in [4.69, 9.17) is 14.2 Å². The predicted octanol–water partition coefficient (Wildman–Crippen LogP) is 17.1. The van der Waals surface area contributed by atoms with Gasteiger partial charge in [0.15, 0.2) is 6.10 Å². The highest BCUT2D eigenvalue weighted by Gasteiger charge is 2.19. The molecular formula is C53H102O6. The van der Waals surface area contributed by atoms with Crippen molar-refractivity contribution in [1.29, 1.82) is 0 Å². The minimum Gasteiger partial charge on any atom is -0.462 e. The molecule has 0 aliphatic heterocycles. The topological polar surface area (TPSA) is 78.9 Å². The number of hydrogen-bond acceptors (Lipinski definition) is 6. The van der Waals surface area contributed by atoms with Crippen molar-refractivity contribution in [2.24, 2.45) is 5.92 Å². The summed E-state index contributed by atoms with van der Waals surface area (Å²) in [4.78, 5) is 37.9. The number of rotatable bonds is 48. The molecule has 0 radical (unpaired) electrons. The van der Waals surface area contributed by atoms with Crippen molar-refractivity contribution in [3.8, 4) is 0 Å². The minimum absolute atomic E-state index is 0.0630. The molecule has 0 saturated carbocycles. The van der Waals surface area contributed by atoms with E-state index in [9.17, 15) is 14.4 Å². The maximum Gasteiger partial charge on any atom is 0.306 e. The van der Waals surface area contributed by atoms with E-state index >= 15 is 0 Å². The van der Waals surface area contributed by atoms with Gasteiger partial charge in [0.25, 0.3) is 0 Å². The highest BCUT2D eigenvalue weighted by molar-refractivity contribution is 5.71. The lowest BCUT2D eigenvalue weighted by Crippen LogP contribution is -2.30. The van der Waals surface area contributed by atoms with Gasteiger partial charge in [-0.2, -0.15) is 0 Å². The van der Waals surface area contributed by atoms with Crippen molar-refractivity contribution in [2.75, 3.05) is 13.2 Å². The van der Waals surface area contributed by atoms with Crippen molar-refractivity contribution in [2.45, 2.75) is 303 Å². The van der Waals surface area contributed by atoms with Gasteiger partial charge in [-0.1, -0.05) is 259 Å². The fourth-order valence-corrected chi connectivity index (χ4v) is 8.04. The van der Waals surface area contributed by atoms with Crippen LogP contribution in [0.3, 0.4) is 0 Å². The average Bonchev–Trinajstić information content (AvgIpc) is 3.22. The monoisotopic (exact) mass is 835 g/mol. The first-order chi connectivity index (χ1) is 28.9. The Bertz CT molecular complexity index is 887. The van der Waals surface area contributed by atoms with Gasteiger partial charge < -0.3 is 14.2 Å². The molecule has 0 aliphatic rings. The number of unbranched alkanes of at least 4 members (excludes halogenated alkanes) is 35. The molecule has 0 saturated heterocycles. The Balaban J connectivity index is 4.25. The van der Waals surface area contributed by atoms with Gasteiger partial charge in [-0.25, -0.2) is 0 Å². The van der Waals surface area contributed by atoms with Crippen molar-refractivity contribution in [3.05, 3.63) is 0 Å². The molecule has 0 fully saturated rings. The van der Waals surface area contributed by atoms with Crippen molar-refractivity contribution >= 4 is 17.9 Å². The summed E-state index contributed by atoms with van der Waals surface area (Å²) in [6, 6.07) is 0. The molecule has 0 heterocycles. The van der Waals surface area contributed by atoms with Crippen molar-refractivity contribution < 1.29 is 28.6 Å². The molecule has 0 aromatic heterocycles. The lowest BCUT2D eigenvalue weighted by molar-refractivity contribution is -0.167. The van der Waals surface area contributed by atoms with Crippen LogP contribution in [0.15, 0.2) is 0 Å². The van der Waals surface area contributed by atoms with Crippen LogP contribution in [0, 0.1) is 5.92 Å². The molecule has 0 unspecified atom stereocenters. The van der Waals surface area contributed by atoms with E-state index in [1.165, 1.54) is 193 Å². The Morgan fingerprint density at radius 1 is 0.322 bits per heavy atom. The molecule has 6 heteroatoms. The summed E-state index contributed by atoms with van der Waals surface area (Å²) in [6.07, 6.45) is 49.5. The standard InChI is InChI=1S/C53H102O6/c1-5-7-9-11-13-15-17-19-20-21-22-23-24-26-27-32-36-40-44-51(54)57-47-50(48-58-52(55)45-41-37-33-30-29-31-35-39-43-49(3)4)59-53(56)46-42-38-34-28-25-18-16-14-12-10-8-6-2/h49-50H,5-48H2,1-4H3/t50-/m0/s1. The molecule has 0 spiro atoms. The van der Waals surface area contributed by atoms with E-state index in [0.717, 1.165) is 63.7 Å². The zero-order valence-electron chi connectivity index (χ0n) is 40.2. The van der Waals surface area contributed by atoms with Gasteiger partial charge in [0.2, 0.25) is 0 Å². The van der Waals surface area contributed by atoms with Crippen molar-refractivity contribution in [3.63, 3.8) is 0 Å². The Hall–Kier alpha value is -1.59. The molecule has 350 valence electrons. The van der Waals surface area contributed by atoms with Crippen molar-refractivity contribution in [1.82, 2.24) is 0 Å². The molecule has 0 aromatic rings. The molecule has 0 N–H and O–H groups in total. The van der Waals surface area contributed by atoms with E-state index in [-0.39, 0.29) is 31.1 Å². The SMILES string of the molecule is CCCCCCCCCCCCCCCCCCCCC(=O)OC[C@@H](COC(=O)CCCCCCCCCCC(C)C)OC(=O)CCCCCCCCCCCCCC. The molecular weight excluding hydrogens is 733 g/mol. The fourth-order valence-electron chi connectivity index (χ4n) is 8.04. The maximum absolute atomic E-state index is 12.8. The third-order valence-corrected chi connectivity index (χ3v) is 12.0. The molecule has 6 nitrogen and oxygen atoms in total. The smallest absolute Gasteiger partial charge is 0.306 e. The van der Waals surface area contributed by atoms with Crippen LogP contribution in [-0.2, 0) is 28.6 Å². The zero-order valence-corrected chi connectivity index (χ0v) is 40.2. The fraction of sp³-hybridized carbons (Fsp3) is 0.943. The largest absolute Gasteiger partial charge is 0.462 e. The van der Waals surface area contributed by atoms with E-state index in [2.05, 4.69) is 27.7 Å². The van der Waals surface area contributed by atoms with Crippen LogP contribution in [0.2, 0.25) is 0 Å². The van der Waals surface area contributed by atoms with Gasteiger partial charge >= 0.3 is 17.9 Å². The highest BCUT2D eigenvalue weighted by Crippen LogP contribution is 2.17. The normalized spacial score (nSPS) is 11.9. The van der Waals surface area contributed by atoms with Crippen LogP contribution in [0.25, 0.3) is 0 Å². The first-order valence-corrected chi connectivity index (χ1v) is 26.4. The first kappa shape index (κ1) is 57.4. The van der Waals surface area contributed by atoms with E-state index < -0.39 is 6.10 Å². The molecule has 59 heavy (non-hydrogen) atoms. The van der Waals surface area contributed by atoms with Crippen LogP contribution in [-0.4, -0.2) is 37.2 Å². The quantitative estimate of drug-likeness (QED) is 0.0345. The Labute approximate surface area is 368 Å². The Morgan fingerprint density at radius 2 is 0.559 bits per heavy atom. The van der Waals surface area contributed by atoms with Gasteiger partial charge in [0.05, 0.1) is 0 Å². The molecule has 0 bridgehead atoms. The summed E-state index contributed by atoms with van der Waals surface area (Å²) in [5, 5.41) is 0. The van der Waals surface area contributed by atoms with Gasteiger partial charge in [0, 0.05) is 19.3 Å². The first-order valence-electron chi connectivity index (χ1n) is 26.4. The second-order valence-corrected chi connectivity index (χ2v) is 18.6. The maximum atomic E-state index is 12.8. The lowest BCUT2D eigenvalue weighted by Gasteiger charge is -2.18. The van der Waals surface area contributed by atoms with Crippen LogP contribution in [0.5, 0.6) is 0 Å². The third-order valence-electron chi connectivity index (χ3n) is 12.0. The molecule has 0 amide bonds. The highest BCUT2D eigenvalue weighted by atomic mass is 16.6. The molecule has 0 aromatic carbocycles. The Morgan fingerprint density at radius 3 is 0.831 bits per heavy atom. The zero-order chi connectivity index (χ0) is 43.1. The summed E-state index contributed by atoms with van der Waals surface area (Å²) in [6.45, 7) is 9.00. The second-order valence-electron chi connectivity index (χ2n) is 18.6. The van der Waals surface area contributed by atoms with Crippen LogP contribution >= 0.6 is 0 Å². The third kappa shape index (κ3) is 47.3. The minimum atomic E-state index is -0.760. The summed E-state index contributed by atoms with van der Waals surface area (Å²) in [7, 11) is 0. The van der Waals surface area contributed by atoms with E-state index in [1.54, 1.807) is 0 Å². The van der Waals surface area contributed by atoms with Crippen LogP contribution < -0.4 is 0 Å². The summed E-state index contributed by atoms with van der Waals surface area (Å²) in [5.74, 6) is -0.0492. The summed E-state index contributed by atoms with van der Waals surface area (Å²) < 4.78 is 16.8. The number of ether oxygens (including phenoxy) is 3. The second kappa shape index (κ2) is 47.5. The van der Waals surface area contributed by atoms with E-state index in [1.807, 2.05) is 0 Å².